The maximum atomic E-state index is 11.5. The van der Waals surface area contributed by atoms with Crippen molar-refractivity contribution >= 4 is 28.2 Å². The summed E-state index contributed by atoms with van der Waals surface area (Å²) in [6, 6.07) is 0. The summed E-state index contributed by atoms with van der Waals surface area (Å²) < 4.78 is 4.72. The highest BCUT2D eigenvalue weighted by molar-refractivity contribution is 7.16. The first kappa shape index (κ1) is 14.0. The number of carboxylic acids is 1. The van der Waals surface area contributed by atoms with E-state index in [4.69, 9.17) is 4.74 Å². The predicted molar refractivity (Wildman–Crippen MR) is 68.3 cm³/mol. The zero-order valence-corrected chi connectivity index (χ0v) is 11.7. The van der Waals surface area contributed by atoms with Crippen molar-refractivity contribution in [1.82, 2.24) is 0 Å². The van der Waals surface area contributed by atoms with Gasteiger partial charge in [0.15, 0.2) is 0 Å². The molecule has 1 atom stereocenters. The fourth-order valence-electron chi connectivity index (χ4n) is 2.22. The quantitative estimate of drug-likeness (QED) is 0.688. The van der Waals surface area contributed by atoms with E-state index in [-0.39, 0.29) is 18.1 Å². The number of carboxylic acid groups (broad SMARTS) is 1. The van der Waals surface area contributed by atoms with Gasteiger partial charge >= 0.3 is 0 Å². The topological polar surface area (TPSA) is 82.9 Å². The number of anilines is 1. The number of aromatic carboxylic acids is 1. The number of nitrogens with one attached hydrogen (secondary N) is 2. The second-order valence-corrected chi connectivity index (χ2v) is 5.72. The van der Waals surface area contributed by atoms with Crippen LogP contribution in [0.25, 0.3) is 0 Å². The van der Waals surface area contributed by atoms with E-state index in [1.807, 2.05) is 0 Å². The molecule has 0 bridgehead atoms. The lowest BCUT2D eigenvalue weighted by molar-refractivity contribution is -0.895. The molecule has 1 aromatic heterocycles. The Bertz CT molecular complexity index is 512. The molecular formula is C12H16N2O4S. The first-order chi connectivity index (χ1) is 9.02. The van der Waals surface area contributed by atoms with Gasteiger partial charge in [-0.1, -0.05) is 0 Å². The van der Waals surface area contributed by atoms with Gasteiger partial charge in [0, 0.05) is 19.1 Å². The zero-order chi connectivity index (χ0) is 14.0. The van der Waals surface area contributed by atoms with Gasteiger partial charge in [0.05, 0.1) is 24.4 Å². The van der Waals surface area contributed by atoms with E-state index in [1.165, 1.54) is 23.3 Å². The Morgan fingerprint density at radius 2 is 2.26 bits per heavy atom. The summed E-state index contributed by atoms with van der Waals surface area (Å²) in [4.78, 5) is 25.1. The molecule has 0 saturated heterocycles. The van der Waals surface area contributed by atoms with Gasteiger partial charge < -0.3 is 24.9 Å². The van der Waals surface area contributed by atoms with Gasteiger partial charge in [-0.15, -0.1) is 11.3 Å². The van der Waals surface area contributed by atoms with Gasteiger partial charge in [0.2, 0.25) is 0 Å². The van der Waals surface area contributed by atoms with Crippen molar-refractivity contribution in [2.45, 2.75) is 13.0 Å². The molecule has 0 aliphatic carbocycles. The Labute approximate surface area is 115 Å². The Hall–Kier alpha value is -1.44. The molecule has 2 N–H and O–H groups in total. The van der Waals surface area contributed by atoms with Crippen LogP contribution in [0, 0.1) is 0 Å². The molecular weight excluding hydrogens is 268 g/mol. The van der Waals surface area contributed by atoms with Crippen LogP contribution in [0.1, 0.15) is 20.8 Å². The molecule has 7 heteroatoms. The number of thiophene rings is 1. The maximum Gasteiger partial charge on any atom is 0.250 e. The minimum atomic E-state index is -1.23. The van der Waals surface area contributed by atoms with Crippen molar-refractivity contribution in [1.29, 1.82) is 0 Å². The van der Waals surface area contributed by atoms with E-state index in [0.717, 1.165) is 23.5 Å². The molecule has 2 heterocycles. The number of hydrogen-bond donors (Lipinski definition) is 2. The van der Waals surface area contributed by atoms with Crippen LogP contribution in [-0.2, 0) is 22.5 Å². The summed E-state index contributed by atoms with van der Waals surface area (Å²) in [6.45, 7) is 1.57. The molecule has 0 radical (unpaired) electrons. The lowest BCUT2D eigenvalue weighted by Gasteiger charge is -2.20. The highest BCUT2D eigenvalue weighted by Gasteiger charge is 2.26. The molecule has 1 aliphatic heterocycles. The van der Waals surface area contributed by atoms with Crippen LogP contribution in [0.2, 0.25) is 0 Å². The highest BCUT2D eigenvalue weighted by Crippen LogP contribution is 2.34. The van der Waals surface area contributed by atoms with Gasteiger partial charge in [0.1, 0.15) is 18.2 Å². The molecule has 1 unspecified atom stereocenters. The Balaban J connectivity index is 2.32. The molecule has 2 rings (SSSR count). The lowest BCUT2D eigenvalue weighted by Crippen LogP contribution is -3.08. The smallest absolute Gasteiger partial charge is 0.250 e. The first-order valence-electron chi connectivity index (χ1n) is 5.99. The van der Waals surface area contributed by atoms with Crippen LogP contribution in [0.15, 0.2) is 0 Å². The van der Waals surface area contributed by atoms with Crippen molar-refractivity contribution in [3.8, 4) is 0 Å². The van der Waals surface area contributed by atoms with E-state index in [2.05, 4.69) is 12.4 Å². The van der Waals surface area contributed by atoms with Gasteiger partial charge in [-0.2, -0.15) is 0 Å². The molecule has 1 aromatic rings. The zero-order valence-electron chi connectivity index (χ0n) is 10.9. The van der Waals surface area contributed by atoms with E-state index in [0.29, 0.717) is 11.4 Å². The van der Waals surface area contributed by atoms with Crippen LogP contribution in [0.3, 0.4) is 0 Å². The van der Waals surface area contributed by atoms with Gasteiger partial charge in [0.25, 0.3) is 5.91 Å². The molecule has 19 heavy (non-hydrogen) atoms. The summed E-state index contributed by atoms with van der Waals surface area (Å²) in [5.41, 5.74) is 0.945. The first-order valence-corrected chi connectivity index (χ1v) is 6.80. The molecule has 6 nitrogen and oxygen atoms in total. The second kappa shape index (κ2) is 5.68. The molecule has 0 aromatic carbocycles. The van der Waals surface area contributed by atoms with Gasteiger partial charge in [-0.25, -0.2) is 0 Å². The number of likely N-dealkylation sites (N-methyl/N-ethyl adjacent to an activating group) is 1. The molecule has 0 spiro atoms. The fraction of sp³-hybridized carbons (Fsp3) is 0.500. The Kier molecular flexibility index (Phi) is 4.18. The van der Waals surface area contributed by atoms with E-state index in [9.17, 15) is 14.7 Å². The highest BCUT2D eigenvalue weighted by atomic mass is 32.1. The van der Waals surface area contributed by atoms with Crippen molar-refractivity contribution in [2.75, 3.05) is 32.6 Å². The summed E-state index contributed by atoms with van der Waals surface area (Å²) in [7, 11) is 3.47. The molecule has 1 amide bonds. The number of methoxy groups -OCH3 is 1. The van der Waals surface area contributed by atoms with Crippen LogP contribution in [0.5, 0.6) is 0 Å². The van der Waals surface area contributed by atoms with Gasteiger partial charge in [-0.05, 0) is 5.56 Å². The summed E-state index contributed by atoms with van der Waals surface area (Å²) in [5, 5.41) is 14.2. The third kappa shape index (κ3) is 2.94. The van der Waals surface area contributed by atoms with Gasteiger partial charge in [-0.3, -0.25) is 4.79 Å². The third-order valence-electron chi connectivity index (χ3n) is 3.09. The minimum Gasteiger partial charge on any atom is -0.545 e. The van der Waals surface area contributed by atoms with Crippen LogP contribution in [0.4, 0.5) is 5.00 Å². The van der Waals surface area contributed by atoms with Crippen molar-refractivity contribution in [3.05, 3.63) is 16.0 Å². The van der Waals surface area contributed by atoms with Crippen molar-refractivity contribution < 1.29 is 24.3 Å². The van der Waals surface area contributed by atoms with Crippen molar-refractivity contribution in [2.24, 2.45) is 0 Å². The predicted octanol–water partition coefficient (Wildman–Crippen LogP) is -1.73. The molecule has 0 saturated carbocycles. The van der Waals surface area contributed by atoms with E-state index < -0.39 is 5.97 Å². The van der Waals surface area contributed by atoms with Crippen LogP contribution < -0.4 is 15.3 Å². The average molecular weight is 284 g/mol. The van der Waals surface area contributed by atoms with E-state index in [1.54, 1.807) is 0 Å². The maximum absolute atomic E-state index is 11.5. The summed E-state index contributed by atoms with van der Waals surface area (Å²) in [6.07, 6.45) is 0.696. The largest absolute Gasteiger partial charge is 0.545 e. The van der Waals surface area contributed by atoms with E-state index >= 15 is 0 Å². The monoisotopic (exact) mass is 284 g/mol. The average Bonchev–Trinajstić information content (AvgIpc) is 2.65. The number of rotatable bonds is 4. The number of carbonyl (C=O) groups excluding carboxylic acids is 2. The molecule has 1 aliphatic rings. The normalized spacial score (nSPS) is 17.9. The number of quaternary nitrogens is 1. The second-order valence-electron chi connectivity index (χ2n) is 4.61. The van der Waals surface area contributed by atoms with Crippen LogP contribution >= 0.6 is 11.3 Å². The van der Waals surface area contributed by atoms with Crippen LogP contribution in [-0.4, -0.2) is 39.2 Å². The fourth-order valence-corrected chi connectivity index (χ4v) is 3.58. The SMILES string of the molecule is COCC(=O)Nc1sc2c(c1C(=O)[O-])CC[NH+](C)C2. The Morgan fingerprint density at radius 1 is 1.53 bits per heavy atom. The molecule has 104 valence electrons. The third-order valence-corrected chi connectivity index (χ3v) is 4.23. The lowest BCUT2D eigenvalue weighted by atomic mass is 10.0. The number of amides is 1. The standard InChI is InChI=1S/C12H16N2O4S/c1-14-4-3-7-8(5-14)19-11(10(7)12(16)17)13-9(15)6-18-2/h3-6H2,1-2H3,(H,13,15)(H,16,17). The summed E-state index contributed by atoms with van der Waals surface area (Å²) >= 11 is 1.32. The number of ether oxygens (including phenoxy) is 1. The minimum absolute atomic E-state index is 0.0970. The summed E-state index contributed by atoms with van der Waals surface area (Å²) in [5.74, 6) is -1.59. The van der Waals surface area contributed by atoms with Crippen molar-refractivity contribution in [3.63, 3.8) is 0 Å². The number of fused-ring (bicyclic) bond motifs is 1. The number of carbonyl (C=O) groups is 2. The molecule has 0 fully saturated rings. The number of hydrogen-bond acceptors (Lipinski definition) is 5. The Morgan fingerprint density at radius 3 is 2.89 bits per heavy atom.